The fourth-order valence-corrected chi connectivity index (χ4v) is 1.07. The van der Waals surface area contributed by atoms with Crippen molar-refractivity contribution in [2.75, 3.05) is 13.1 Å². The van der Waals surface area contributed by atoms with E-state index in [1.807, 2.05) is 6.92 Å². The minimum Gasteiger partial charge on any atom is -0.390 e. The van der Waals surface area contributed by atoms with Crippen LogP contribution in [0.2, 0.25) is 0 Å². The van der Waals surface area contributed by atoms with Crippen LogP contribution in [0, 0.1) is 0 Å². The molecule has 0 heterocycles. The fraction of sp³-hybridized carbons (Fsp3) is 1.00. The molecule has 86 valence electrons. The largest absolute Gasteiger partial charge is 0.390 e. The van der Waals surface area contributed by atoms with E-state index in [-0.39, 0.29) is 6.42 Å². The van der Waals surface area contributed by atoms with E-state index < -0.39 is 18.2 Å². The molecule has 0 aliphatic rings. The SMILES string of the molecule is CCNCCC(C)(O)CCC(F)(F)F. The van der Waals surface area contributed by atoms with Crippen molar-refractivity contribution in [2.45, 2.75) is 44.9 Å². The summed E-state index contributed by atoms with van der Waals surface area (Å²) in [5.41, 5.74) is -1.22. The van der Waals surface area contributed by atoms with Crippen LogP contribution < -0.4 is 5.32 Å². The first kappa shape index (κ1) is 13.7. The summed E-state index contributed by atoms with van der Waals surface area (Å²) in [5, 5.41) is 12.5. The van der Waals surface area contributed by atoms with Gasteiger partial charge in [0.1, 0.15) is 0 Å². The van der Waals surface area contributed by atoms with Crippen molar-refractivity contribution in [2.24, 2.45) is 0 Å². The number of aliphatic hydroxyl groups is 1. The van der Waals surface area contributed by atoms with E-state index in [9.17, 15) is 18.3 Å². The van der Waals surface area contributed by atoms with Crippen LogP contribution in [-0.4, -0.2) is 30.0 Å². The lowest BCUT2D eigenvalue weighted by Crippen LogP contribution is -2.31. The predicted molar refractivity (Wildman–Crippen MR) is 49.1 cm³/mol. The first-order chi connectivity index (χ1) is 6.27. The molecule has 14 heavy (non-hydrogen) atoms. The monoisotopic (exact) mass is 213 g/mol. The minimum absolute atomic E-state index is 0.234. The van der Waals surface area contributed by atoms with E-state index in [0.717, 1.165) is 6.54 Å². The van der Waals surface area contributed by atoms with Gasteiger partial charge in [0.15, 0.2) is 0 Å². The van der Waals surface area contributed by atoms with Crippen LogP contribution in [-0.2, 0) is 0 Å². The molecule has 2 nitrogen and oxygen atoms in total. The molecule has 0 amide bonds. The van der Waals surface area contributed by atoms with Crippen molar-refractivity contribution in [3.8, 4) is 0 Å². The zero-order valence-electron chi connectivity index (χ0n) is 8.62. The Balaban J connectivity index is 3.72. The van der Waals surface area contributed by atoms with E-state index in [1.165, 1.54) is 6.92 Å². The standard InChI is InChI=1S/C9H18F3NO/c1-3-13-7-6-8(2,14)4-5-9(10,11)12/h13-14H,3-7H2,1-2H3. The molecule has 0 aliphatic carbocycles. The molecule has 0 radical (unpaired) electrons. The second-order valence-corrected chi connectivity index (χ2v) is 3.72. The van der Waals surface area contributed by atoms with Crippen molar-refractivity contribution < 1.29 is 18.3 Å². The van der Waals surface area contributed by atoms with Crippen LogP contribution in [0.1, 0.15) is 33.1 Å². The first-order valence-electron chi connectivity index (χ1n) is 4.77. The molecule has 0 aromatic rings. The third-order valence-electron chi connectivity index (χ3n) is 2.04. The quantitative estimate of drug-likeness (QED) is 0.662. The number of hydrogen-bond acceptors (Lipinski definition) is 2. The second-order valence-electron chi connectivity index (χ2n) is 3.72. The Bertz CT molecular complexity index is 157. The highest BCUT2D eigenvalue weighted by molar-refractivity contribution is 4.74. The molecule has 0 spiro atoms. The van der Waals surface area contributed by atoms with Crippen molar-refractivity contribution in [1.29, 1.82) is 0 Å². The molecular formula is C9H18F3NO. The second kappa shape index (κ2) is 5.56. The van der Waals surface area contributed by atoms with E-state index >= 15 is 0 Å². The van der Waals surface area contributed by atoms with Gasteiger partial charge in [-0.05, 0) is 32.9 Å². The predicted octanol–water partition coefficient (Wildman–Crippen LogP) is 2.08. The zero-order valence-corrected chi connectivity index (χ0v) is 8.62. The lowest BCUT2D eigenvalue weighted by atomic mass is 9.96. The molecule has 1 atom stereocenters. The fourth-order valence-electron chi connectivity index (χ4n) is 1.07. The summed E-state index contributed by atoms with van der Waals surface area (Å²) in [4.78, 5) is 0. The molecular weight excluding hydrogens is 195 g/mol. The number of halogens is 3. The van der Waals surface area contributed by atoms with Crippen molar-refractivity contribution in [1.82, 2.24) is 5.32 Å². The Morgan fingerprint density at radius 3 is 2.14 bits per heavy atom. The molecule has 0 aromatic heterocycles. The van der Waals surface area contributed by atoms with Crippen molar-refractivity contribution in [3.05, 3.63) is 0 Å². The summed E-state index contributed by atoms with van der Waals surface area (Å²) in [7, 11) is 0. The van der Waals surface area contributed by atoms with Crippen LogP contribution in [0.15, 0.2) is 0 Å². The molecule has 0 saturated carbocycles. The van der Waals surface area contributed by atoms with Crippen LogP contribution >= 0.6 is 0 Å². The Labute approximate surface area is 82.5 Å². The smallest absolute Gasteiger partial charge is 0.389 e. The lowest BCUT2D eigenvalue weighted by molar-refractivity contribution is -0.145. The van der Waals surface area contributed by atoms with Gasteiger partial charge in [-0.3, -0.25) is 0 Å². The van der Waals surface area contributed by atoms with Gasteiger partial charge in [0.05, 0.1) is 5.60 Å². The molecule has 0 fully saturated rings. The van der Waals surface area contributed by atoms with Gasteiger partial charge in [-0.2, -0.15) is 13.2 Å². The third-order valence-corrected chi connectivity index (χ3v) is 2.04. The number of hydrogen-bond donors (Lipinski definition) is 2. The summed E-state index contributed by atoms with van der Waals surface area (Å²) < 4.78 is 35.5. The maximum atomic E-state index is 11.8. The normalized spacial score (nSPS) is 16.7. The van der Waals surface area contributed by atoms with Gasteiger partial charge in [0.25, 0.3) is 0 Å². The van der Waals surface area contributed by atoms with Gasteiger partial charge in [0.2, 0.25) is 0 Å². The minimum atomic E-state index is -4.18. The maximum Gasteiger partial charge on any atom is 0.389 e. The van der Waals surface area contributed by atoms with Crippen LogP contribution in [0.25, 0.3) is 0 Å². The summed E-state index contributed by atoms with van der Waals surface area (Å²) in [6, 6.07) is 0. The lowest BCUT2D eigenvalue weighted by Gasteiger charge is -2.23. The number of alkyl halides is 3. The average Bonchev–Trinajstić information content (AvgIpc) is 2.00. The number of rotatable bonds is 6. The molecule has 0 aliphatic heterocycles. The molecule has 0 rings (SSSR count). The van der Waals surface area contributed by atoms with E-state index in [2.05, 4.69) is 5.32 Å². The Kier molecular flexibility index (Phi) is 5.44. The van der Waals surface area contributed by atoms with Crippen molar-refractivity contribution >= 4 is 0 Å². The first-order valence-corrected chi connectivity index (χ1v) is 4.77. The molecule has 0 bridgehead atoms. The van der Waals surface area contributed by atoms with Gasteiger partial charge in [-0.25, -0.2) is 0 Å². The van der Waals surface area contributed by atoms with Crippen LogP contribution in [0.3, 0.4) is 0 Å². The highest BCUT2D eigenvalue weighted by Gasteiger charge is 2.31. The van der Waals surface area contributed by atoms with Gasteiger partial charge >= 0.3 is 6.18 Å². The van der Waals surface area contributed by atoms with Gasteiger partial charge in [-0.15, -0.1) is 0 Å². The maximum absolute atomic E-state index is 11.8. The Hall–Kier alpha value is -0.290. The molecule has 5 heteroatoms. The molecule has 1 unspecified atom stereocenters. The molecule has 0 aromatic carbocycles. The zero-order chi connectivity index (χ0) is 11.2. The molecule has 0 saturated heterocycles. The van der Waals surface area contributed by atoms with Gasteiger partial charge in [-0.1, -0.05) is 6.92 Å². The topological polar surface area (TPSA) is 32.3 Å². The Morgan fingerprint density at radius 2 is 1.71 bits per heavy atom. The third kappa shape index (κ3) is 8.31. The van der Waals surface area contributed by atoms with Crippen molar-refractivity contribution in [3.63, 3.8) is 0 Å². The summed E-state index contributed by atoms with van der Waals surface area (Å²) in [6.45, 7) is 4.65. The van der Waals surface area contributed by atoms with E-state index in [1.54, 1.807) is 0 Å². The number of nitrogens with one attached hydrogen (secondary N) is 1. The summed E-state index contributed by atoms with van der Waals surface area (Å²) in [5.74, 6) is 0. The molecule has 2 N–H and O–H groups in total. The summed E-state index contributed by atoms with van der Waals surface area (Å²) in [6.07, 6.45) is -4.99. The average molecular weight is 213 g/mol. The van der Waals surface area contributed by atoms with Crippen LogP contribution in [0.4, 0.5) is 13.2 Å². The van der Waals surface area contributed by atoms with Gasteiger partial charge in [0, 0.05) is 6.42 Å². The summed E-state index contributed by atoms with van der Waals surface area (Å²) >= 11 is 0. The van der Waals surface area contributed by atoms with Gasteiger partial charge < -0.3 is 10.4 Å². The highest BCUT2D eigenvalue weighted by Crippen LogP contribution is 2.27. The highest BCUT2D eigenvalue weighted by atomic mass is 19.4. The van der Waals surface area contributed by atoms with E-state index in [0.29, 0.717) is 13.0 Å². The van der Waals surface area contributed by atoms with E-state index in [4.69, 9.17) is 0 Å². The van der Waals surface area contributed by atoms with Crippen LogP contribution in [0.5, 0.6) is 0 Å². The Morgan fingerprint density at radius 1 is 1.14 bits per heavy atom.